The summed E-state index contributed by atoms with van der Waals surface area (Å²) in [4.78, 5) is 0. The van der Waals surface area contributed by atoms with Gasteiger partial charge in [0.05, 0.1) is 12.7 Å². The van der Waals surface area contributed by atoms with Crippen molar-refractivity contribution in [1.82, 2.24) is 0 Å². The molecule has 0 unspecified atom stereocenters. The Morgan fingerprint density at radius 3 is 2.33 bits per heavy atom. The van der Waals surface area contributed by atoms with Crippen LogP contribution in [0.5, 0.6) is 5.75 Å². The Labute approximate surface area is 109 Å². The zero-order valence-electron chi connectivity index (χ0n) is 11.1. The number of aliphatic hydroxyl groups excluding tert-OH is 2. The highest BCUT2D eigenvalue weighted by Crippen LogP contribution is 2.19. The largest absolute Gasteiger partial charge is 0.494 e. The third-order valence-corrected chi connectivity index (χ3v) is 2.97. The maximum Gasteiger partial charge on any atom is 0.119 e. The fraction of sp³-hybridized carbons (Fsp3) is 0.600. The molecule has 0 amide bonds. The SMILES string of the molecule is CC[C@H](O)c1ccc(OCCCCCCO)cc1. The number of rotatable bonds is 9. The van der Waals surface area contributed by atoms with Gasteiger partial charge in [0.25, 0.3) is 0 Å². The minimum Gasteiger partial charge on any atom is -0.494 e. The molecule has 0 aliphatic heterocycles. The van der Waals surface area contributed by atoms with E-state index < -0.39 is 0 Å². The molecule has 0 saturated carbocycles. The van der Waals surface area contributed by atoms with E-state index in [9.17, 15) is 5.11 Å². The minimum absolute atomic E-state index is 0.280. The van der Waals surface area contributed by atoms with Crippen LogP contribution in [0.2, 0.25) is 0 Å². The third-order valence-electron chi connectivity index (χ3n) is 2.97. The topological polar surface area (TPSA) is 49.7 Å². The van der Waals surface area contributed by atoms with Gasteiger partial charge in [-0.25, -0.2) is 0 Å². The molecule has 3 nitrogen and oxygen atoms in total. The van der Waals surface area contributed by atoms with Gasteiger partial charge in [-0.05, 0) is 43.4 Å². The molecular formula is C15H24O3. The molecule has 2 N–H and O–H groups in total. The van der Waals surface area contributed by atoms with Crippen LogP contribution in [-0.2, 0) is 0 Å². The normalized spacial score (nSPS) is 12.4. The van der Waals surface area contributed by atoms with Crippen molar-refractivity contribution in [1.29, 1.82) is 0 Å². The van der Waals surface area contributed by atoms with E-state index in [1.807, 2.05) is 31.2 Å². The molecule has 0 fully saturated rings. The van der Waals surface area contributed by atoms with Crippen LogP contribution in [0.4, 0.5) is 0 Å². The summed E-state index contributed by atoms with van der Waals surface area (Å²) < 4.78 is 5.61. The molecule has 3 heteroatoms. The predicted molar refractivity (Wildman–Crippen MR) is 72.7 cm³/mol. The fourth-order valence-corrected chi connectivity index (χ4v) is 1.78. The molecule has 0 saturated heterocycles. The Balaban J connectivity index is 2.22. The Morgan fingerprint density at radius 2 is 1.72 bits per heavy atom. The average molecular weight is 252 g/mol. The van der Waals surface area contributed by atoms with E-state index in [1.54, 1.807) is 0 Å². The van der Waals surface area contributed by atoms with Crippen LogP contribution < -0.4 is 4.74 Å². The summed E-state index contributed by atoms with van der Waals surface area (Å²) in [5.41, 5.74) is 0.938. The summed E-state index contributed by atoms with van der Waals surface area (Å²) in [5.74, 6) is 0.851. The van der Waals surface area contributed by atoms with E-state index in [0.29, 0.717) is 6.61 Å². The second-order valence-electron chi connectivity index (χ2n) is 4.48. The van der Waals surface area contributed by atoms with E-state index in [2.05, 4.69) is 0 Å². The second kappa shape index (κ2) is 8.95. The number of hydrogen-bond donors (Lipinski definition) is 2. The highest BCUT2D eigenvalue weighted by molar-refractivity contribution is 5.28. The van der Waals surface area contributed by atoms with Crippen molar-refractivity contribution in [2.24, 2.45) is 0 Å². The Bertz CT molecular complexity index is 308. The summed E-state index contributed by atoms with van der Waals surface area (Å²) in [6.45, 7) is 2.95. The maximum absolute atomic E-state index is 9.66. The quantitative estimate of drug-likeness (QED) is 0.664. The van der Waals surface area contributed by atoms with E-state index in [0.717, 1.165) is 43.4 Å². The van der Waals surface area contributed by atoms with Crippen molar-refractivity contribution in [3.05, 3.63) is 29.8 Å². The minimum atomic E-state index is -0.377. The molecule has 0 radical (unpaired) electrons. The van der Waals surface area contributed by atoms with Gasteiger partial charge in [0.1, 0.15) is 5.75 Å². The van der Waals surface area contributed by atoms with E-state index in [-0.39, 0.29) is 12.7 Å². The summed E-state index contributed by atoms with van der Waals surface area (Å²) in [6, 6.07) is 7.63. The van der Waals surface area contributed by atoms with Crippen LogP contribution in [0.1, 0.15) is 50.7 Å². The molecule has 1 aromatic rings. The zero-order chi connectivity index (χ0) is 13.2. The first-order valence-corrected chi connectivity index (χ1v) is 6.79. The Hall–Kier alpha value is -1.06. The van der Waals surface area contributed by atoms with Crippen LogP contribution >= 0.6 is 0 Å². The van der Waals surface area contributed by atoms with Gasteiger partial charge < -0.3 is 14.9 Å². The smallest absolute Gasteiger partial charge is 0.119 e. The average Bonchev–Trinajstić information content (AvgIpc) is 2.42. The van der Waals surface area contributed by atoms with Gasteiger partial charge in [-0.3, -0.25) is 0 Å². The first-order chi connectivity index (χ1) is 8.77. The molecule has 1 aromatic carbocycles. The molecule has 0 aliphatic rings. The van der Waals surface area contributed by atoms with Gasteiger partial charge in [-0.15, -0.1) is 0 Å². The first kappa shape index (κ1) is 15.0. The first-order valence-electron chi connectivity index (χ1n) is 6.79. The van der Waals surface area contributed by atoms with Crippen molar-refractivity contribution in [2.45, 2.75) is 45.1 Å². The van der Waals surface area contributed by atoms with Crippen LogP contribution in [0.15, 0.2) is 24.3 Å². The Kier molecular flexibility index (Phi) is 7.46. The molecule has 102 valence electrons. The van der Waals surface area contributed by atoms with Crippen molar-refractivity contribution in [3.63, 3.8) is 0 Å². The lowest BCUT2D eigenvalue weighted by Crippen LogP contribution is -1.99. The lowest BCUT2D eigenvalue weighted by Gasteiger charge is -2.10. The van der Waals surface area contributed by atoms with Crippen molar-refractivity contribution < 1.29 is 14.9 Å². The van der Waals surface area contributed by atoms with Crippen LogP contribution in [0.25, 0.3) is 0 Å². The number of ether oxygens (including phenoxy) is 1. The standard InChI is InChI=1S/C15H24O3/c1-2-15(17)13-7-9-14(10-8-13)18-12-6-4-3-5-11-16/h7-10,15-17H,2-6,11-12H2,1H3/t15-/m0/s1. The third kappa shape index (κ3) is 5.52. The number of aliphatic hydroxyl groups is 2. The zero-order valence-corrected chi connectivity index (χ0v) is 11.1. The van der Waals surface area contributed by atoms with Crippen LogP contribution in [0, 0.1) is 0 Å². The Morgan fingerprint density at radius 1 is 1.06 bits per heavy atom. The molecule has 0 spiro atoms. The second-order valence-corrected chi connectivity index (χ2v) is 4.48. The summed E-state index contributed by atoms with van der Waals surface area (Å²) in [5, 5.41) is 18.3. The van der Waals surface area contributed by atoms with Crippen LogP contribution in [-0.4, -0.2) is 23.4 Å². The molecule has 0 aliphatic carbocycles. The van der Waals surface area contributed by atoms with Gasteiger partial charge in [0.2, 0.25) is 0 Å². The van der Waals surface area contributed by atoms with Crippen molar-refractivity contribution >= 4 is 0 Å². The fourth-order valence-electron chi connectivity index (χ4n) is 1.78. The van der Waals surface area contributed by atoms with Crippen molar-refractivity contribution in [2.75, 3.05) is 13.2 Å². The monoisotopic (exact) mass is 252 g/mol. The van der Waals surface area contributed by atoms with E-state index in [4.69, 9.17) is 9.84 Å². The molecule has 18 heavy (non-hydrogen) atoms. The van der Waals surface area contributed by atoms with E-state index >= 15 is 0 Å². The molecule has 0 bridgehead atoms. The molecule has 1 rings (SSSR count). The lowest BCUT2D eigenvalue weighted by molar-refractivity contribution is 0.173. The lowest BCUT2D eigenvalue weighted by atomic mass is 10.1. The van der Waals surface area contributed by atoms with Gasteiger partial charge in [0.15, 0.2) is 0 Å². The van der Waals surface area contributed by atoms with Gasteiger partial charge >= 0.3 is 0 Å². The molecular weight excluding hydrogens is 228 g/mol. The van der Waals surface area contributed by atoms with Gasteiger partial charge in [-0.1, -0.05) is 25.5 Å². The van der Waals surface area contributed by atoms with E-state index in [1.165, 1.54) is 0 Å². The van der Waals surface area contributed by atoms with Gasteiger partial charge in [0, 0.05) is 6.61 Å². The number of benzene rings is 1. The highest BCUT2D eigenvalue weighted by Gasteiger charge is 2.04. The highest BCUT2D eigenvalue weighted by atomic mass is 16.5. The molecule has 1 atom stereocenters. The molecule has 0 aromatic heterocycles. The number of unbranched alkanes of at least 4 members (excludes halogenated alkanes) is 3. The number of hydrogen-bond acceptors (Lipinski definition) is 3. The van der Waals surface area contributed by atoms with Crippen LogP contribution in [0.3, 0.4) is 0 Å². The summed E-state index contributed by atoms with van der Waals surface area (Å²) in [7, 11) is 0. The summed E-state index contributed by atoms with van der Waals surface area (Å²) in [6.07, 6.45) is 4.39. The van der Waals surface area contributed by atoms with Crippen molar-refractivity contribution in [3.8, 4) is 5.75 Å². The maximum atomic E-state index is 9.66. The van der Waals surface area contributed by atoms with Gasteiger partial charge in [-0.2, -0.15) is 0 Å². The summed E-state index contributed by atoms with van der Waals surface area (Å²) >= 11 is 0. The predicted octanol–water partition coefficient (Wildman–Crippen LogP) is 3.06. The molecule has 0 heterocycles.